The predicted molar refractivity (Wildman–Crippen MR) is 89.4 cm³/mol. The molecule has 1 heterocycles. The fourth-order valence-corrected chi connectivity index (χ4v) is 2.48. The van der Waals surface area contributed by atoms with Gasteiger partial charge in [0.05, 0.1) is 23.9 Å². The maximum absolute atomic E-state index is 12.0. The maximum atomic E-state index is 12.0. The molecule has 23 heavy (non-hydrogen) atoms. The first-order valence-corrected chi connectivity index (χ1v) is 7.66. The number of hydrogen-bond acceptors (Lipinski definition) is 4. The lowest BCUT2D eigenvalue weighted by Gasteiger charge is -2.14. The Morgan fingerprint density at radius 2 is 2.13 bits per heavy atom. The predicted octanol–water partition coefficient (Wildman–Crippen LogP) is 1.47. The van der Waals surface area contributed by atoms with Crippen molar-refractivity contribution < 1.29 is 9.53 Å². The lowest BCUT2D eigenvalue weighted by atomic mass is 10.1. The van der Waals surface area contributed by atoms with Crippen LogP contribution in [0.3, 0.4) is 0 Å². The Hall–Kier alpha value is -2.18. The zero-order valence-electron chi connectivity index (χ0n) is 13.9. The number of aromatic nitrogens is 2. The number of rotatable bonds is 7. The average molecular weight is 316 g/mol. The average Bonchev–Trinajstić information content (AvgIpc) is 2.89. The third-order valence-corrected chi connectivity index (χ3v) is 3.71. The SMILES string of the molecule is COC(CN)CC(=O)NCc1ccccc1-n1nc(C)cc1C. The van der Waals surface area contributed by atoms with Crippen LogP contribution in [0.2, 0.25) is 0 Å². The first kappa shape index (κ1) is 17.2. The summed E-state index contributed by atoms with van der Waals surface area (Å²) in [5, 5.41) is 7.43. The number of methoxy groups -OCH3 is 1. The zero-order valence-corrected chi connectivity index (χ0v) is 13.9. The third-order valence-electron chi connectivity index (χ3n) is 3.71. The van der Waals surface area contributed by atoms with E-state index in [1.165, 1.54) is 0 Å². The van der Waals surface area contributed by atoms with Gasteiger partial charge in [0.15, 0.2) is 0 Å². The summed E-state index contributed by atoms with van der Waals surface area (Å²) in [6, 6.07) is 9.93. The van der Waals surface area contributed by atoms with Gasteiger partial charge in [-0.3, -0.25) is 4.79 Å². The lowest BCUT2D eigenvalue weighted by molar-refractivity contribution is -0.123. The molecular formula is C17H24N4O2. The molecule has 1 unspecified atom stereocenters. The van der Waals surface area contributed by atoms with Gasteiger partial charge in [-0.15, -0.1) is 0 Å². The number of nitrogens with two attached hydrogens (primary N) is 1. The summed E-state index contributed by atoms with van der Waals surface area (Å²) in [5.74, 6) is -0.0783. The van der Waals surface area contributed by atoms with E-state index in [9.17, 15) is 4.79 Å². The van der Waals surface area contributed by atoms with E-state index in [1.54, 1.807) is 7.11 Å². The quantitative estimate of drug-likeness (QED) is 0.810. The van der Waals surface area contributed by atoms with Gasteiger partial charge in [-0.1, -0.05) is 18.2 Å². The summed E-state index contributed by atoms with van der Waals surface area (Å²) >= 11 is 0. The number of nitrogens with one attached hydrogen (secondary N) is 1. The zero-order chi connectivity index (χ0) is 16.8. The minimum absolute atomic E-state index is 0.0783. The molecule has 0 aliphatic heterocycles. The van der Waals surface area contributed by atoms with E-state index < -0.39 is 0 Å². The van der Waals surface area contributed by atoms with E-state index in [0.29, 0.717) is 13.1 Å². The number of amides is 1. The van der Waals surface area contributed by atoms with Crippen molar-refractivity contribution in [1.29, 1.82) is 0 Å². The summed E-state index contributed by atoms with van der Waals surface area (Å²) in [6.07, 6.45) is 0.0102. The van der Waals surface area contributed by atoms with Crippen molar-refractivity contribution in [3.8, 4) is 5.69 Å². The molecule has 124 valence electrons. The van der Waals surface area contributed by atoms with Crippen molar-refractivity contribution >= 4 is 5.91 Å². The highest BCUT2D eigenvalue weighted by Crippen LogP contribution is 2.17. The molecule has 0 aliphatic rings. The highest BCUT2D eigenvalue weighted by molar-refractivity contribution is 5.76. The molecule has 1 amide bonds. The lowest BCUT2D eigenvalue weighted by Crippen LogP contribution is -2.32. The normalized spacial score (nSPS) is 12.2. The number of benzene rings is 1. The first-order chi connectivity index (χ1) is 11.0. The van der Waals surface area contributed by atoms with Crippen LogP contribution >= 0.6 is 0 Å². The van der Waals surface area contributed by atoms with E-state index in [1.807, 2.05) is 48.9 Å². The first-order valence-electron chi connectivity index (χ1n) is 7.66. The standard InChI is InChI=1S/C17H24N4O2/c1-12-8-13(2)21(20-12)16-7-5-4-6-14(16)11-19-17(22)9-15(10-18)23-3/h4-8,15H,9-11,18H2,1-3H3,(H,19,22). The highest BCUT2D eigenvalue weighted by atomic mass is 16.5. The third kappa shape index (κ3) is 4.40. The van der Waals surface area contributed by atoms with Crippen molar-refractivity contribution in [2.75, 3.05) is 13.7 Å². The van der Waals surface area contributed by atoms with Crippen LogP contribution in [0, 0.1) is 13.8 Å². The molecule has 6 heteroatoms. The topological polar surface area (TPSA) is 82.2 Å². The van der Waals surface area contributed by atoms with Crippen molar-refractivity contribution in [2.24, 2.45) is 5.73 Å². The number of nitrogens with zero attached hydrogens (tertiary/aromatic N) is 2. The molecule has 0 aliphatic carbocycles. The van der Waals surface area contributed by atoms with Gasteiger partial charge in [-0.2, -0.15) is 5.10 Å². The number of ether oxygens (including phenoxy) is 1. The van der Waals surface area contributed by atoms with Gasteiger partial charge in [-0.05, 0) is 31.5 Å². The summed E-state index contributed by atoms with van der Waals surface area (Å²) in [4.78, 5) is 12.0. The van der Waals surface area contributed by atoms with Crippen LogP contribution in [0.4, 0.5) is 0 Å². The molecule has 3 N–H and O–H groups in total. The number of hydrogen-bond donors (Lipinski definition) is 2. The van der Waals surface area contributed by atoms with Gasteiger partial charge in [0.25, 0.3) is 0 Å². The Balaban J connectivity index is 2.10. The second-order valence-corrected chi connectivity index (χ2v) is 5.54. The van der Waals surface area contributed by atoms with Gasteiger partial charge in [0.2, 0.25) is 5.91 Å². The van der Waals surface area contributed by atoms with Crippen LogP contribution in [0.25, 0.3) is 5.69 Å². The number of carbonyl (C=O) groups is 1. The number of para-hydroxylation sites is 1. The molecule has 6 nitrogen and oxygen atoms in total. The molecule has 0 fully saturated rings. The van der Waals surface area contributed by atoms with Gasteiger partial charge < -0.3 is 15.8 Å². The van der Waals surface area contributed by atoms with Crippen LogP contribution in [0.15, 0.2) is 30.3 Å². The van der Waals surface area contributed by atoms with Crippen LogP contribution < -0.4 is 11.1 Å². The van der Waals surface area contributed by atoms with Crippen LogP contribution in [-0.4, -0.2) is 35.4 Å². The molecule has 0 spiro atoms. The van der Waals surface area contributed by atoms with Gasteiger partial charge >= 0.3 is 0 Å². The molecular weight excluding hydrogens is 292 g/mol. The summed E-state index contributed by atoms with van der Waals surface area (Å²) in [7, 11) is 1.56. The highest BCUT2D eigenvalue weighted by Gasteiger charge is 2.13. The minimum atomic E-state index is -0.249. The molecule has 1 atom stereocenters. The molecule has 0 saturated carbocycles. The summed E-state index contributed by atoms with van der Waals surface area (Å²) in [6.45, 7) is 4.74. The fraction of sp³-hybridized carbons (Fsp3) is 0.412. The number of aryl methyl sites for hydroxylation is 2. The van der Waals surface area contributed by atoms with E-state index >= 15 is 0 Å². The van der Waals surface area contributed by atoms with Crippen molar-refractivity contribution in [3.05, 3.63) is 47.3 Å². The maximum Gasteiger partial charge on any atom is 0.222 e. The Morgan fingerprint density at radius 1 is 1.39 bits per heavy atom. The molecule has 1 aromatic heterocycles. The van der Waals surface area contributed by atoms with Crippen LogP contribution in [-0.2, 0) is 16.1 Å². The Morgan fingerprint density at radius 3 is 2.74 bits per heavy atom. The Kier molecular flexibility index (Phi) is 5.90. The molecule has 0 bridgehead atoms. The largest absolute Gasteiger partial charge is 0.380 e. The van der Waals surface area contributed by atoms with Crippen molar-refractivity contribution in [1.82, 2.24) is 15.1 Å². The van der Waals surface area contributed by atoms with Crippen molar-refractivity contribution in [3.63, 3.8) is 0 Å². The monoisotopic (exact) mass is 316 g/mol. The summed E-state index contributed by atoms with van der Waals surface area (Å²) < 4.78 is 7.03. The Labute approximate surface area is 136 Å². The molecule has 2 aromatic rings. The fourth-order valence-electron chi connectivity index (χ4n) is 2.48. The second kappa shape index (κ2) is 7.89. The van der Waals surface area contributed by atoms with Gasteiger partial charge in [-0.25, -0.2) is 4.68 Å². The molecule has 0 radical (unpaired) electrons. The summed E-state index contributed by atoms with van der Waals surface area (Å²) in [5.41, 5.74) is 9.55. The van der Waals surface area contributed by atoms with Gasteiger partial charge in [0.1, 0.15) is 0 Å². The second-order valence-electron chi connectivity index (χ2n) is 5.54. The van der Waals surface area contributed by atoms with E-state index in [2.05, 4.69) is 10.4 Å². The Bertz CT molecular complexity index is 662. The van der Waals surface area contributed by atoms with Gasteiger partial charge in [0, 0.05) is 25.9 Å². The number of carbonyl (C=O) groups excluding carboxylic acids is 1. The van der Waals surface area contributed by atoms with Crippen LogP contribution in [0.1, 0.15) is 23.4 Å². The van der Waals surface area contributed by atoms with Crippen molar-refractivity contribution in [2.45, 2.75) is 32.9 Å². The molecule has 1 aromatic carbocycles. The molecule has 2 rings (SSSR count). The van der Waals surface area contributed by atoms with E-state index in [0.717, 1.165) is 22.6 Å². The smallest absolute Gasteiger partial charge is 0.222 e. The molecule has 0 saturated heterocycles. The van der Waals surface area contributed by atoms with E-state index in [4.69, 9.17) is 10.5 Å². The van der Waals surface area contributed by atoms with Crippen LogP contribution in [0.5, 0.6) is 0 Å². The van der Waals surface area contributed by atoms with E-state index in [-0.39, 0.29) is 18.4 Å². The minimum Gasteiger partial charge on any atom is -0.380 e.